The molecular formula is C12HF25O4S. The second-order valence-electron chi connectivity index (χ2n) is 7.22. The molecule has 1 N–H and O–H groups in total. The third kappa shape index (κ3) is 4.94. The molecule has 0 spiro atoms. The molecule has 0 aliphatic rings. The van der Waals surface area contributed by atoms with Crippen LogP contribution in [-0.4, -0.2) is 84.0 Å². The monoisotopic (exact) mass is 716 g/mol. The van der Waals surface area contributed by atoms with Gasteiger partial charge in [-0.05, 0) is 0 Å². The summed E-state index contributed by atoms with van der Waals surface area (Å²) >= 11 is 0. The highest BCUT2D eigenvalue weighted by Gasteiger charge is 2.98. The van der Waals surface area contributed by atoms with Crippen LogP contribution in [0.5, 0.6) is 0 Å². The zero-order valence-electron chi connectivity index (χ0n) is 17.5. The summed E-state index contributed by atoms with van der Waals surface area (Å²) in [5.74, 6) is -74.8. The van der Waals surface area contributed by atoms with Crippen molar-refractivity contribution in [3.63, 3.8) is 0 Å². The van der Waals surface area contributed by atoms with Crippen LogP contribution in [0, 0.1) is 0 Å². The highest BCUT2D eigenvalue weighted by Crippen LogP contribution is 2.66. The van der Waals surface area contributed by atoms with Crippen LogP contribution in [-0.2, 0) is 14.9 Å². The van der Waals surface area contributed by atoms with Crippen molar-refractivity contribution in [2.75, 3.05) is 0 Å². The number of hydrogen-bond donors (Lipinski definition) is 1. The highest BCUT2D eigenvalue weighted by molar-refractivity contribution is 7.86. The maximum atomic E-state index is 13.5. The van der Waals surface area contributed by atoms with Gasteiger partial charge in [-0.15, -0.1) is 0 Å². The number of hydrogen-bond acceptors (Lipinski definition) is 3. The molecule has 0 atom stereocenters. The van der Waals surface area contributed by atoms with E-state index in [9.17, 15) is 118 Å². The summed E-state index contributed by atoms with van der Waals surface area (Å²) in [6, 6.07) is 0. The van der Waals surface area contributed by atoms with Gasteiger partial charge in [-0.3, -0.25) is 4.55 Å². The Labute approximate surface area is 210 Å². The molecule has 0 heterocycles. The molecule has 0 fully saturated rings. The lowest BCUT2D eigenvalue weighted by atomic mass is 9.87. The molecule has 0 aliphatic carbocycles. The molecule has 42 heavy (non-hydrogen) atoms. The summed E-state index contributed by atoms with van der Waals surface area (Å²) in [6.07, 6.45) is -25.0. The molecule has 0 aromatic heterocycles. The molecule has 0 saturated carbocycles. The van der Waals surface area contributed by atoms with Gasteiger partial charge >= 0.3 is 81.1 Å². The molecule has 30 heteroatoms. The van der Waals surface area contributed by atoms with E-state index in [-0.39, 0.29) is 0 Å². The quantitative estimate of drug-likeness (QED) is 0.170. The Morgan fingerprint density at radius 3 is 0.786 bits per heavy atom. The lowest BCUT2D eigenvalue weighted by Gasteiger charge is -2.44. The van der Waals surface area contributed by atoms with Crippen LogP contribution in [0.3, 0.4) is 0 Å². The van der Waals surface area contributed by atoms with Crippen molar-refractivity contribution < 1.29 is 127 Å². The van der Waals surface area contributed by atoms with Gasteiger partial charge in [0.2, 0.25) is 0 Å². The highest BCUT2D eigenvalue weighted by atomic mass is 32.2. The lowest BCUT2D eigenvalue weighted by molar-refractivity contribution is -0.507. The van der Waals surface area contributed by atoms with Gasteiger partial charge in [-0.1, -0.05) is 0 Å². The smallest absolute Gasteiger partial charge is 0.281 e. The van der Waals surface area contributed by atoms with E-state index in [0.29, 0.717) is 0 Å². The molecule has 0 aliphatic heterocycles. The number of rotatable bonds is 12. The van der Waals surface area contributed by atoms with Gasteiger partial charge in [0.15, 0.2) is 0 Å². The SMILES string of the molecule is O=S(=O)(O)C(F)(F)C(F)(F)OC(F)(F)C(F)(F)C(F)(F)C(F)(F)C(F)(F)C(F)(F)C(F)(F)C(F)(F)C(F)(F)C(F)(F)F. The standard InChI is InChI=1S/C12HF25O4S/c13-1(14,3(17,18)5(21,22)7(25,26)9(29,30)31)2(15,16)4(19,20)6(23,24)8(27,28)10(32,33)41-11(34,35)12(36,37)42(38,39)40/h(H,38,39,40). The largest absolute Gasteiger partial charge is 0.460 e. The van der Waals surface area contributed by atoms with Crippen molar-refractivity contribution >= 4 is 10.1 Å². The maximum absolute atomic E-state index is 13.5. The van der Waals surface area contributed by atoms with Gasteiger partial charge in [0.25, 0.3) is 0 Å². The minimum Gasteiger partial charge on any atom is -0.281 e. The first-order chi connectivity index (χ1) is 17.5. The molecule has 4 nitrogen and oxygen atoms in total. The van der Waals surface area contributed by atoms with Gasteiger partial charge in [0.1, 0.15) is 0 Å². The van der Waals surface area contributed by atoms with E-state index in [4.69, 9.17) is 4.55 Å². The van der Waals surface area contributed by atoms with Crippen molar-refractivity contribution in [1.29, 1.82) is 0 Å². The third-order valence-electron chi connectivity index (χ3n) is 4.40. The zero-order chi connectivity index (χ0) is 35.2. The Bertz CT molecular complexity index is 1120. The molecule has 0 rings (SSSR count). The topological polar surface area (TPSA) is 63.6 Å². The molecule has 0 aromatic carbocycles. The molecule has 0 aromatic rings. The van der Waals surface area contributed by atoms with Crippen molar-refractivity contribution in [3.05, 3.63) is 0 Å². The Balaban J connectivity index is 7.21. The molecule has 0 radical (unpaired) electrons. The summed E-state index contributed by atoms with van der Waals surface area (Å²) in [6.45, 7) is 0. The molecule has 0 amide bonds. The molecule has 0 bridgehead atoms. The first-order valence-corrected chi connectivity index (χ1v) is 9.79. The Hall–Kier alpha value is -1.88. The maximum Gasteiger partial charge on any atom is 0.460 e. The van der Waals surface area contributed by atoms with Crippen molar-refractivity contribution in [3.8, 4) is 0 Å². The Morgan fingerprint density at radius 1 is 0.357 bits per heavy atom. The fraction of sp³-hybridized carbons (Fsp3) is 1.00. The normalized spacial score (nSPS) is 17.1. The number of alkyl halides is 25. The summed E-state index contributed by atoms with van der Waals surface area (Å²) in [5.41, 5.74) is 0. The minimum atomic E-state index is -9.65. The summed E-state index contributed by atoms with van der Waals surface area (Å²) < 4.78 is 355. The van der Waals surface area contributed by atoms with E-state index in [1.54, 1.807) is 0 Å². The zero-order valence-corrected chi connectivity index (χ0v) is 18.3. The summed E-state index contributed by atoms with van der Waals surface area (Å²) in [4.78, 5) is 0. The van der Waals surface area contributed by atoms with Crippen LogP contribution >= 0.6 is 0 Å². The summed E-state index contributed by atoms with van der Waals surface area (Å²) in [5, 5.41) is -7.69. The van der Waals surface area contributed by atoms with Crippen LogP contribution in [0.25, 0.3) is 0 Å². The summed E-state index contributed by atoms with van der Waals surface area (Å²) in [7, 11) is -7.87. The van der Waals surface area contributed by atoms with Gasteiger partial charge in [-0.25, -0.2) is 4.74 Å². The Morgan fingerprint density at radius 2 is 0.571 bits per heavy atom. The number of halogens is 25. The minimum absolute atomic E-state index is 0.921. The second kappa shape index (κ2) is 9.56. The van der Waals surface area contributed by atoms with E-state index in [2.05, 4.69) is 0 Å². The van der Waals surface area contributed by atoms with Crippen molar-refractivity contribution in [2.45, 2.75) is 71.0 Å². The van der Waals surface area contributed by atoms with Crippen LogP contribution in [0.1, 0.15) is 0 Å². The predicted molar refractivity (Wildman–Crippen MR) is 73.1 cm³/mol. The van der Waals surface area contributed by atoms with Crippen molar-refractivity contribution in [1.82, 2.24) is 0 Å². The van der Waals surface area contributed by atoms with Crippen LogP contribution in [0.4, 0.5) is 110 Å². The first kappa shape index (κ1) is 40.1. The van der Waals surface area contributed by atoms with E-state index in [1.165, 1.54) is 0 Å². The molecule has 0 saturated heterocycles. The second-order valence-corrected chi connectivity index (χ2v) is 8.68. The van der Waals surface area contributed by atoms with E-state index < -0.39 is 81.1 Å². The van der Waals surface area contributed by atoms with Crippen LogP contribution in [0.15, 0.2) is 0 Å². The third-order valence-corrected chi connectivity index (χ3v) is 5.29. The average Bonchev–Trinajstić information content (AvgIpc) is 2.69. The fourth-order valence-electron chi connectivity index (χ4n) is 1.98. The first-order valence-electron chi connectivity index (χ1n) is 8.35. The van der Waals surface area contributed by atoms with Gasteiger partial charge in [0, 0.05) is 0 Å². The van der Waals surface area contributed by atoms with E-state index >= 15 is 0 Å². The van der Waals surface area contributed by atoms with Crippen LogP contribution < -0.4 is 0 Å². The number of ether oxygens (including phenoxy) is 1. The van der Waals surface area contributed by atoms with Crippen molar-refractivity contribution in [2.24, 2.45) is 0 Å². The van der Waals surface area contributed by atoms with E-state index in [0.717, 1.165) is 4.74 Å². The predicted octanol–water partition coefficient (Wildman–Crippen LogP) is 7.31. The lowest BCUT2D eigenvalue weighted by Crippen LogP contribution is -2.77. The van der Waals surface area contributed by atoms with Gasteiger partial charge in [0.05, 0.1) is 0 Å². The average molecular weight is 716 g/mol. The molecule has 254 valence electrons. The van der Waals surface area contributed by atoms with Crippen LogP contribution in [0.2, 0.25) is 0 Å². The van der Waals surface area contributed by atoms with Gasteiger partial charge < -0.3 is 0 Å². The molecule has 0 unspecified atom stereocenters. The van der Waals surface area contributed by atoms with E-state index in [1.807, 2.05) is 0 Å². The Kier molecular flexibility index (Phi) is 9.13. The van der Waals surface area contributed by atoms with Gasteiger partial charge in [-0.2, -0.15) is 118 Å². The fourth-order valence-corrected chi connectivity index (χ4v) is 2.32. The molecular weight excluding hydrogens is 715 g/mol.